The smallest absolute Gasteiger partial charge is 0.422 e. The number of anilines is 1. The van der Waals surface area contributed by atoms with Crippen LogP contribution in [0.4, 0.5) is 23.8 Å². The number of rotatable bonds is 8. The summed E-state index contributed by atoms with van der Waals surface area (Å²) in [5.41, 5.74) is 3.23. The monoisotopic (exact) mass is 719 g/mol. The van der Waals surface area contributed by atoms with Gasteiger partial charge in [0.2, 0.25) is 5.91 Å². The maximum Gasteiger partial charge on any atom is 0.422 e. The minimum Gasteiger partial charge on any atom is -0.481 e. The van der Waals surface area contributed by atoms with E-state index in [9.17, 15) is 22.8 Å². The number of fused-ring (bicyclic) bond motifs is 2. The van der Waals surface area contributed by atoms with Crippen molar-refractivity contribution >= 4 is 45.7 Å². The summed E-state index contributed by atoms with van der Waals surface area (Å²) in [4.78, 5) is 39.4. The number of nitrogens with one attached hydrogen (secondary N) is 1. The van der Waals surface area contributed by atoms with Gasteiger partial charge in [0.05, 0.1) is 18.8 Å². The highest BCUT2D eigenvalue weighted by atomic mass is 19.4. The highest BCUT2D eigenvalue weighted by Gasteiger charge is 2.46. The molecule has 3 fully saturated rings. The molecule has 3 aliphatic heterocycles. The first-order valence-electron chi connectivity index (χ1n) is 17.2. The van der Waals surface area contributed by atoms with Crippen molar-refractivity contribution in [3.63, 3.8) is 0 Å². The van der Waals surface area contributed by atoms with E-state index in [1.165, 1.54) is 13.2 Å². The van der Waals surface area contributed by atoms with Crippen molar-refractivity contribution in [3.8, 4) is 22.9 Å². The van der Waals surface area contributed by atoms with Crippen LogP contribution >= 0.6 is 0 Å². The number of benzene rings is 2. The highest BCUT2D eigenvalue weighted by Crippen LogP contribution is 2.48. The molecule has 1 N–H and O–H groups in total. The normalized spacial score (nSPS) is 17.7. The average molecular weight is 720 g/mol. The molecule has 7 rings (SSSR count). The maximum absolute atomic E-state index is 13.9. The maximum atomic E-state index is 13.9. The lowest BCUT2D eigenvalue weighted by atomic mass is 9.72. The predicted molar refractivity (Wildman–Crippen MR) is 189 cm³/mol. The molecule has 0 saturated carbocycles. The van der Waals surface area contributed by atoms with E-state index in [0.29, 0.717) is 90.9 Å². The molecule has 0 radical (unpaired) electrons. The Morgan fingerprint density at radius 2 is 1.77 bits per heavy atom. The van der Waals surface area contributed by atoms with Crippen LogP contribution in [0.2, 0.25) is 0 Å². The summed E-state index contributed by atoms with van der Waals surface area (Å²) in [6, 6.07) is 5.58. The van der Waals surface area contributed by atoms with Gasteiger partial charge in [-0.25, -0.2) is 4.79 Å². The van der Waals surface area contributed by atoms with E-state index >= 15 is 0 Å². The second-order valence-electron chi connectivity index (χ2n) is 13.8. The van der Waals surface area contributed by atoms with Crippen LogP contribution < -0.4 is 14.4 Å². The number of nitrogens with zero attached hydrogens (tertiary/aromatic N) is 6. The summed E-state index contributed by atoms with van der Waals surface area (Å²) in [5, 5.41) is 8.34. The fraction of sp³-hybridized carbons (Fsp3) is 0.432. The van der Waals surface area contributed by atoms with Gasteiger partial charge in [-0.05, 0) is 54.7 Å². The van der Waals surface area contributed by atoms with Crippen LogP contribution in [-0.2, 0) is 9.53 Å². The molecule has 12 nitrogen and oxygen atoms in total. The Labute approximate surface area is 298 Å². The zero-order valence-electron chi connectivity index (χ0n) is 29.1. The van der Waals surface area contributed by atoms with Gasteiger partial charge in [-0.3, -0.25) is 9.89 Å². The molecule has 4 aromatic rings. The number of hydrogen-bond acceptors (Lipinski definition) is 9. The number of ether oxygens (including phenoxy) is 3. The van der Waals surface area contributed by atoms with Crippen LogP contribution in [-0.4, -0.2) is 107 Å². The number of aromatic nitrogens is 4. The lowest BCUT2D eigenvalue weighted by molar-refractivity contribution is -0.153. The Hall–Kier alpha value is -5.34. The number of carbonyl (C=O) groups is 2. The summed E-state index contributed by atoms with van der Waals surface area (Å²) < 4.78 is 58.8. The summed E-state index contributed by atoms with van der Waals surface area (Å²) in [6.45, 7) is 11.2. The number of H-pyrrole nitrogens is 1. The molecule has 2 aromatic heterocycles. The lowest BCUT2D eigenvalue weighted by Gasteiger charge is -2.54. The molecule has 1 spiro atoms. The van der Waals surface area contributed by atoms with Gasteiger partial charge in [0, 0.05) is 73.9 Å². The molecule has 0 bridgehead atoms. The minimum absolute atomic E-state index is 0.00175. The van der Waals surface area contributed by atoms with Crippen LogP contribution in [0.25, 0.3) is 39.0 Å². The third-order valence-electron chi connectivity index (χ3n) is 10.4. The number of halogens is 3. The number of likely N-dealkylation sites (tertiary alicyclic amines) is 2. The van der Waals surface area contributed by atoms with E-state index in [4.69, 9.17) is 24.2 Å². The van der Waals surface area contributed by atoms with Crippen LogP contribution in [0.5, 0.6) is 11.8 Å². The molecular formula is C37H40F3N7O5. The van der Waals surface area contributed by atoms with E-state index < -0.39 is 18.9 Å². The number of aryl methyl sites for hydroxylation is 1. The minimum atomic E-state index is -4.64. The Kier molecular flexibility index (Phi) is 9.21. The number of aromatic amines is 1. The van der Waals surface area contributed by atoms with E-state index in [1.54, 1.807) is 22.1 Å². The Bertz CT molecular complexity index is 2040. The Morgan fingerprint density at radius 1 is 1.04 bits per heavy atom. The molecule has 15 heteroatoms. The van der Waals surface area contributed by atoms with E-state index in [0.717, 1.165) is 18.4 Å². The fourth-order valence-electron chi connectivity index (χ4n) is 7.68. The molecule has 274 valence electrons. The van der Waals surface area contributed by atoms with Gasteiger partial charge in [-0.2, -0.15) is 28.2 Å². The van der Waals surface area contributed by atoms with Gasteiger partial charge in [0.1, 0.15) is 17.4 Å². The molecule has 52 heavy (non-hydrogen) atoms. The molecule has 0 unspecified atom stereocenters. The average Bonchev–Trinajstić information content (AvgIpc) is 3.61. The summed E-state index contributed by atoms with van der Waals surface area (Å²) in [5.74, 6) is 0.348. The molecule has 0 aliphatic carbocycles. The predicted octanol–water partition coefficient (Wildman–Crippen LogP) is 6.29. The second kappa shape index (κ2) is 13.7. The number of amides is 2. The Balaban J connectivity index is 1.35. The molecule has 3 saturated heterocycles. The number of methoxy groups -OCH3 is 1. The van der Waals surface area contributed by atoms with E-state index in [-0.39, 0.29) is 34.7 Å². The summed E-state index contributed by atoms with van der Waals surface area (Å²) >= 11 is 0. The molecular weight excluding hydrogens is 679 g/mol. The topological polar surface area (TPSA) is 126 Å². The van der Waals surface area contributed by atoms with Gasteiger partial charge < -0.3 is 28.9 Å². The molecule has 3 aliphatic rings. The van der Waals surface area contributed by atoms with Crippen molar-refractivity contribution < 1.29 is 37.0 Å². The van der Waals surface area contributed by atoms with Crippen molar-refractivity contribution in [1.29, 1.82) is 0 Å². The van der Waals surface area contributed by atoms with Gasteiger partial charge in [-0.15, -0.1) is 0 Å². The molecule has 2 aromatic carbocycles. The van der Waals surface area contributed by atoms with Crippen molar-refractivity contribution in [2.45, 2.75) is 44.9 Å². The first-order chi connectivity index (χ1) is 24.9. The van der Waals surface area contributed by atoms with Crippen molar-refractivity contribution in [2.75, 3.05) is 57.9 Å². The van der Waals surface area contributed by atoms with E-state index in [1.807, 2.05) is 25.1 Å². The molecule has 5 heterocycles. The van der Waals surface area contributed by atoms with Crippen molar-refractivity contribution in [3.05, 3.63) is 54.8 Å². The largest absolute Gasteiger partial charge is 0.481 e. The third-order valence-corrected chi connectivity index (χ3v) is 10.4. The number of hydrogen-bond donors (Lipinski definition) is 1. The van der Waals surface area contributed by atoms with Gasteiger partial charge in [-0.1, -0.05) is 25.3 Å². The Morgan fingerprint density at radius 3 is 2.42 bits per heavy atom. The van der Waals surface area contributed by atoms with Crippen LogP contribution in [0.1, 0.15) is 36.8 Å². The number of carbonyl (C=O) groups excluding carboxylic acids is 2. The quantitative estimate of drug-likeness (QED) is 0.209. The zero-order valence-corrected chi connectivity index (χ0v) is 29.1. The SMILES string of the molecule is C=CC(=O)N1CC2(CCN(c3nc(OC4CCN(C(=O)OC)CC4)nc4c(OCC(F)(F)F)c(-c5c(C)ccc6[nH]ncc56)c(C=C)cc34)CC2)C1. The second-order valence-corrected chi connectivity index (χ2v) is 13.8. The van der Waals surface area contributed by atoms with Crippen LogP contribution in [0.15, 0.2) is 43.6 Å². The lowest BCUT2D eigenvalue weighted by Crippen LogP contribution is -2.61. The van der Waals surface area contributed by atoms with Crippen molar-refractivity contribution in [2.24, 2.45) is 5.41 Å². The van der Waals surface area contributed by atoms with Gasteiger partial charge in [0.25, 0.3) is 0 Å². The zero-order chi connectivity index (χ0) is 36.8. The highest BCUT2D eigenvalue weighted by molar-refractivity contribution is 6.07. The first kappa shape index (κ1) is 35.1. The van der Waals surface area contributed by atoms with Gasteiger partial charge in [0.15, 0.2) is 12.4 Å². The van der Waals surface area contributed by atoms with Crippen LogP contribution in [0.3, 0.4) is 0 Å². The van der Waals surface area contributed by atoms with Gasteiger partial charge >= 0.3 is 18.3 Å². The van der Waals surface area contributed by atoms with Crippen LogP contribution in [0, 0.1) is 12.3 Å². The first-order valence-corrected chi connectivity index (χ1v) is 17.2. The fourth-order valence-corrected chi connectivity index (χ4v) is 7.68. The molecule has 0 atom stereocenters. The number of alkyl halides is 3. The molecule has 2 amide bonds. The van der Waals surface area contributed by atoms with Crippen molar-refractivity contribution in [1.82, 2.24) is 30.0 Å². The third kappa shape index (κ3) is 6.59. The number of piperidine rings is 2. The summed E-state index contributed by atoms with van der Waals surface area (Å²) in [6.07, 6.45) is 1.68. The standard InChI is InChI=1S/C37H40F3N7O5/c1-5-23-17-25-31(32(51-21-37(38,39)40)30(23)29-22(3)7-8-27-26(29)18-41-44-27)42-34(52-24-9-13-46(14-10-24)35(49)50-4)43-33(25)45-15-11-36(12-16-45)19-47(20-36)28(48)6-2/h5-8,17-18,24H,1-2,9-16,19-21H2,3-4H3,(H,41,44). The summed E-state index contributed by atoms with van der Waals surface area (Å²) in [7, 11) is 1.33. The van der Waals surface area contributed by atoms with E-state index in [2.05, 4.69) is 28.3 Å².